The number of aromatic amines is 1. The summed E-state index contributed by atoms with van der Waals surface area (Å²) in [5, 5.41) is 10.00. The molecule has 0 amide bonds. The summed E-state index contributed by atoms with van der Waals surface area (Å²) < 4.78 is 0. The van der Waals surface area contributed by atoms with E-state index >= 15 is 0 Å². The van der Waals surface area contributed by atoms with Gasteiger partial charge in [0.2, 0.25) is 5.82 Å². The Morgan fingerprint density at radius 3 is 2.84 bits per heavy atom. The Balaban J connectivity index is 2.24. The van der Waals surface area contributed by atoms with Crippen LogP contribution in [0.25, 0.3) is 11.0 Å². The van der Waals surface area contributed by atoms with Crippen LogP contribution >= 0.6 is 0 Å². The Kier molecular flexibility index (Phi) is 2.56. The number of carboxylic acids is 1. The van der Waals surface area contributed by atoms with Gasteiger partial charge in [0.05, 0.1) is 5.69 Å². The van der Waals surface area contributed by atoms with Gasteiger partial charge in [0.1, 0.15) is 5.65 Å². The molecule has 2 aromatic heterocycles. The van der Waals surface area contributed by atoms with E-state index in [1.54, 1.807) is 0 Å². The first kappa shape index (κ1) is 12.1. The lowest BCUT2D eigenvalue weighted by molar-refractivity contribution is 0.0683. The quantitative estimate of drug-likeness (QED) is 0.766. The van der Waals surface area contributed by atoms with E-state index in [-0.39, 0.29) is 11.2 Å². The van der Waals surface area contributed by atoms with Crippen molar-refractivity contribution in [3.63, 3.8) is 0 Å². The topological polar surface area (TPSA) is 105 Å². The predicted molar refractivity (Wildman–Crippen MR) is 70.2 cm³/mol. The van der Waals surface area contributed by atoms with Crippen molar-refractivity contribution in [3.8, 4) is 0 Å². The van der Waals surface area contributed by atoms with E-state index < -0.39 is 5.97 Å². The number of nitrogens with zero attached hydrogens (tertiary/aromatic N) is 2. The Bertz CT molecular complexity index is 658. The minimum Gasteiger partial charge on any atom is -0.475 e. The molecule has 2 aromatic rings. The van der Waals surface area contributed by atoms with Gasteiger partial charge in [-0.25, -0.2) is 14.8 Å². The van der Waals surface area contributed by atoms with E-state index in [1.807, 2.05) is 6.20 Å². The number of aromatic carboxylic acids is 1. The lowest BCUT2D eigenvalue weighted by Gasteiger charge is -2.09. The van der Waals surface area contributed by atoms with E-state index in [4.69, 9.17) is 10.8 Å². The monoisotopic (exact) mass is 260 g/mol. The lowest BCUT2D eigenvalue weighted by atomic mass is 9.97. The van der Waals surface area contributed by atoms with Gasteiger partial charge in [-0.1, -0.05) is 6.92 Å². The molecule has 3 rings (SSSR count). The Morgan fingerprint density at radius 1 is 1.53 bits per heavy atom. The molecule has 0 bridgehead atoms. The fourth-order valence-corrected chi connectivity index (χ4v) is 2.45. The van der Waals surface area contributed by atoms with E-state index in [9.17, 15) is 4.79 Å². The van der Waals surface area contributed by atoms with E-state index in [1.165, 1.54) is 5.56 Å². The normalized spacial score (nSPS) is 16.7. The summed E-state index contributed by atoms with van der Waals surface area (Å²) in [4.78, 5) is 22.3. The standard InChI is InChI=1S/C13H16N4O2/c1-13(3-4-13)7-6-15-10-9(7)8(2-5-14)16-11(17-10)12(18)19/h6H,2-5,14H2,1H3,(H,18,19)(H,15,16,17). The number of fused-ring (bicyclic) bond motifs is 1. The van der Waals surface area contributed by atoms with E-state index in [0.717, 1.165) is 23.9 Å². The average Bonchev–Trinajstić information content (AvgIpc) is 2.96. The number of hydrogen-bond acceptors (Lipinski definition) is 4. The number of nitrogens with two attached hydrogens (primary N) is 1. The molecule has 0 saturated heterocycles. The first-order chi connectivity index (χ1) is 9.05. The highest BCUT2D eigenvalue weighted by Crippen LogP contribution is 2.50. The van der Waals surface area contributed by atoms with Crippen LogP contribution in [0.1, 0.15) is 41.6 Å². The van der Waals surface area contributed by atoms with Gasteiger partial charge in [-0.05, 0) is 30.4 Å². The molecule has 0 aliphatic heterocycles. The molecule has 6 nitrogen and oxygen atoms in total. The number of nitrogens with one attached hydrogen (secondary N) is 1. The summed E-state index contributed by atoms with van der Waals surface area (Å²) >= 11 is 0. The summed E-state index contributed by atoms with van der Waals surface area (Å²) in [6.07, 6.45) is 4.77. The van der Waals surface area contributed by atoms with Gasteiger partial charge in [-0.15, -0.1) is 0 Å². The van der Waals surface area contributed by atoms with Crippen molar-refractivity contribution < 1.29 is 9.90 Å². The average molecular weight is 260 g/mol. The van der Waals surface area contributed by atoms with Crippen molar-refractivity contribution in [2.24, 2.45) is 5.73 Å². The fraction of sp³-hybridized carbons (Fsp3) is 0.462. The van der Waals surface area contributed by atoms with Crippen molar-refractivity contribution in [3.05, 3.63) is 23.3 Å². The molecule has 2 heterocycles. The molecule has 0 aromatic carbocycles. The van der Waals surface area contributed by atoms with Crippen molar-refractivity contribution in [1.29, 1.82) is 0 Å². The summed E-state index contributed by atoms with van der Waals surface area (Å²) in [5.74, 6) is -1.29. The molecule has 100 valence electrons. The zero-order valence-electron chi connectivity index (χ0n) is 10.7. The first-order valence-electron chi connectivity index (χ1n) is 6.37. The molecule has 1 aliphatic rings. The molecular formula is C13H16N4O2. The first-order valence-corrected chi connectivity index (χ1v) is 6.37. The molecule has 4 N–H and O–H groups in total. The predicted octanol–water partition coefficient (Wildman–Crippen LogP) is 1.21. The third-order valence-electron chi connectivity index (χ3n) is 3.83. The van der Waals surface area contributed by atoms with E-state index in [0.29, 0.717) is 18.6 Å². The van der Waals surface area contributed by atoms with Crippen LogP contribution < -0.4 is 5.73 Å². The maximum atomic E-state index is 11.0. The fourth-order valence-electron chi connectivity index (χ4n) is 2.45. The number of carbonyl (C=O) groups is 1. The summed E-state index contributed by atoms with van der Waals surface area (Å²) in [5.41, 5.74) is 8.29. The van der Waals surface area contributed by atoms with Gasteiger partial charge in [0.25, 0.3) is 0 Å². The second-order valence-electron chi connectivity index (χ2n) is 5.32. The third kappa shape index (κ3) is 1.88. The molecule has 19 heavy (non-hydrogen) atoms. The Morgan fingerprint density at radius 2 is 2.26 bits per heavy atom. The SMILES string of the molecule is CC1(c2c[nH]c3nc(C(=O)O)nc(CCN)c23)CC1. The number of rotatable bonds is 4. The molecule has 0 spiro atoms. The van der Waals surface area contributed by atoms with Crippen LogP contribution in [0.4, 0.5) is 0 Å². The van der Waals surface area contributed by atoms with Crippen molar-refractivity contribution in [2.75, 3.05) is 6.54 Å². The molecule has 0 radical (unpaired) electrons. The van der Waals surface area contributed by atoms with Crippen LogP contribution in [0, 0.1) is 0 Å². The molecular weight excluding hydrogens is 244 g/mol. The van der Waals surface area contributed by atoms with Gasteiger partial charge in [-0.3, -0.25) is 0 Å². The second-order valence-corrected chi connectivity index (χ2v) is 5.32. The zero-order chi connectivity index (χ0) is 13.6. The van der Waals surface area contributed by atoms with Crippen LogP contribution in [-0.4, -0.2) is 32.6 Å². The number of H-pyrrole nitrogens is 1. The molecule has 6 heteroatoms. The van der Waals surface area contributed by atoms with Gasteiger partial charge in [0.15, 0.2) is 0 Å². The highest BCUT2D eigenvalue weighted by molar-refractivity contribution is 5.89. The molecule has 0 atom stereocenters. The molecule has 0 unspecified atom stereocenters. The minimum atomic E-state index is -1.12. The van der Waals surface area contributed by atoms with Crippen molar-refractivity contribution in [1.82, 2.24) is 15.0 Å². The summed E-state index contributed by atoms with van der Waals surface area (Å²) in [7, 11) is 0. The third-order valence-corrected chi connectivity index (χ3v) is 3.83. The summed E-state index contributed by atoms with van der Waals surface area (Å²) in [6, 6.07) is 0. The van der Waals surface area contributed by atoms with Gasteiger partial charge < -0.3 is 15.8 Å². The smallest absolute Gasteiger partial charge is 0.374 e. The largest absolute Gasteiger partial charge is 0.475 e. The van der Waals surface area contributed by atoms with Crippen LogP contribution in [0.15, 0.2) is 6.20 Å². The number of hydrogen-bond donors (Lipinski definition) is 3. The Labute approximate surface area is 110 Å². The van der Waals surface area contributed by atoms with Gasteiger partial charge in [0, 0.05) is 18.0 Å². The van der Waals surface area contributed by atoms with Gasteiger partial charge >= 0.3 is 5.97 Å². The zero-order valence-corrected chi connectivity index (χ0v) is 10.7. The van der Waals surface area contributed by atoms with Crippen molar-refractivity contribution in [2.45, 2.75) is 31.6 Å². The van der Waals surface area contributed by atoms with Crippen molar-refractivity contribution >= 4 is 17.0 Å². The number of carboxylic acid groups (broad SMARTS) is 1. The second kappa shape index (κ2) is 4.03. The number of aromatic nitrogens is 3. The van der Waals surface area contributed by atoms with Crippen LogP contribution in [0.2, 0.25) is 0 Å². The lowest BCUT2D eigenvalue weighted by Crippen LogP contribution is -2.12. The highest BCUT2D eigenvalue weighted by Gasteiger charge is 2.41. The molecule has 1 saturated carbocycles. The van der Waals surface area contributed by atoms with Gasteiger partial charge in [-0.2, -0.15) is 0 Å². The van der Waals surface area contributed by atoms with Crippen LogP contribution in [-0.2, 0) is 11.8 Å². The molecule has 1 fully saturated rings. The minimum absolute atomic E-state index is 0.176. The van der Waals surface area contributed by atoms with E-state index in [2.05, 4.69) is 21.9 Å². The summed E-state index contributed by atoms with van der Waals surface area (Å²) in [6.45, 7) is 2.64. The Hall–Kier alpha value is -1.95. The van der Waals surface area contributed by atoms with Crippen LogP contribution in [0.5, 0.6) is 0 Å². The highest BCUT2D eigenvalue weighted by atomic mass is 16.4. The maximum Gasteiger partial charge on any atom is 0.374 e. The van der Waals surface area contributed by atoms with Crippen LogP contribution in [0.3, 0.4) is 0 Å². The maximum absolute atomic E-state index is 11.0. The molecule has 1 aliphatic carbocycles.